The summed E-state index contributed by atoms with van der Waals surface area (Å²) in [4.78, 5) is 17.0. The number of nitrogens with zero attached hydrogens (tertiary/aromatic N) is 1. The molecule has 24 heavy (non-hydrogen) atoms. The molecule has 0 aliphatic rings. The Labute approximate surface area is 145 Å². The first-order valence-corrected chi connectivity index (χ1v) is 8.85. The minimum Gasteiger partial charge on any atom is -0.426 e. The molecule has 0 bridgehead atoms. The van der Waals surface area contributed by atoms with Gasteiger partial charge in [0.25, 0.3) is 0 Å². The fraction of sp³-hybridized carbons (Fsp3) is 0.429. The molecule has 1 aromatic carbocycles. The van der Waals surface area contributed by atoms with Crippen LogP contribution in [0.3, 0.4) is 0 Å². The molecule has 0 unspecified atom stereocenters. The Morgan fingerprint density at radius 1 is 1.08 bits per heavy atom. The third kappa shape index (κ3) is 4.92. The van der Waals surface area contributed by atoms with Crippen molar-refractivity contribution in [3.05, 3.63) is 59.4 Å². The number of carbonyl (C=O) groups excluding carboxylic acids is 1. The van der Waals surface area contributed by atoms with Crippen molar-refractivity contribution in [2.24, 2.45) is 5.92 Å². The SMILES string of the molecule is CCCC(CCC)C(=O)Oc1ccccc1Cc1ncccc1C. The quantitative estimate of drug-likeness (QED) is 0.500. The van der Waals surface area contributed by atoms with E-state index in [0.717, 1.165) is 42.5 Å². The Balaban J connectivity index is 2.16. The number of hydrogen-bond acceptors (Lipinski definition) is 3. The fourth-order valence-electron chi connectivity index (χ4n) is 2.90. The molecule has 0 aliphatic carbocycles. The maximum absolute atomic E-state index is 12.5. The second-order valence-corrected chi connectivity index (χ2v) is 6.25. The molecular formula is C21H27NO2. The number of aromatic nitrogens is 1. The van der Waals surface area contributed by atoms with Gasteiger partial charge in [-0.2, -0.15) is 0 Å². The highest BCUT2D eigenvalue weighted by Crippen LogP contribution is 2.24. The van der Waals surface area contributed by atoms with Gasteiger partial charge in [0.1, 0.15) is 5.75 Å². The maximum atomic E-state index is 12.5. The zero-order chi connectivity index (χ0) is 17.4. The molecule has 3 heteroatoms. The molecule has 3 nitrogen and oxygen atoms in total. The largest absolute Gasteiger partial charge is 0.426 e. The van der Waals surface area contributed by atoms with Crippen LogP contribution < -0.4 is 4.74 Å². The van der Waals surface area contributed by atoms with Gasteiger partial charge in [0.15, 0.2) is 0 Å². The summed E-state index contributed by atoms with van der Waals surface area (Å²) in [6, 6.07) is 11.7. The van der Waals surface area contributed by atoms with Gasteiger partial charge in [-0.15, -0.1) is 0 Å². The van der Waals surface area contributed by atoms with Crippen molar-refractivity contribution >= 4 is 5.97 Å². The Morgan fingerprint density at radius 3 is 2.46 bits per heavy atom. The van der Waals surface area contributed by atoms with Gasteiger partial charge in [0.2, 0.25) is 0 Å². The Morgan fingerprint density at radius 2 is 1.79 bits per heavy atom. The minimum atomic E-state index is -0.108. The lowest BCUT2D eigenvalue weighted by Crippen LogP contribution is -2.21. The monoisotopic (exact) mass is 325 g/mol. The number of rotatable bonds is 8. The second kappa shape index (κ2) is 9.21. The molecule has 0 saturated carbocycles. The zero-order valence-corrected chi connectivity index (χ0v) is 14.9. The summed E-state index contributed by atoms with van der Waals surface area (Å²) >= 11 is 0. The molecule has 0 radical (unpaired) electrons. The van der Waals surface area contributed by atoms with Crippen molar-refractivity contribution in [2.75, 3.05) is 0 Å². The first-order chi connectivity index (χ1) is 11.7. The first-order valence-electron chi connectivity index (χ1n) is 8.85. The predicted octanol–water partition coefficient (Wildman–Crippen LogP) is 5.10. The normalized spacial score (nSPS) is 10.8. The molecule has 0 fully saturated rings. The van der Waals surface area contributed by atoms with E-state index in [2.05, 4.69) is 31.8 Å². The van der Waals surface area contributed by atoms with Crippen LogP contribution in [0.5, 0.6) is 5.75 Å². The van der Waals surface area contributed by atoms with E-state index < -0.39 is 0 Å². The van der Waals surface area contributed by atoms with Gasteiger partial charge in [-0.1, -0.05) is 51.0 Å². The van der Waals surface area contributed by atoms with Crippen LogP contribution in [0, 0.1) is 12.8 Å². The lowest BCUT2D eigenvalue weighted by Gasteiger charge is -2.16. The van der Waals surface area contributed by atoms with E-state index in [1.807, 2.05) is 30.3 Å². The van der Waals surface area contributed by atoms with Crippen LogP contribution in [0.1, 0.15) is 56.4 Å². The first kappa shape index (κ1) is 18.2. The molecule has 0 saturated heterocycles. The van der Waals surface area contributed by atoms with Gasteiger partial charge in [-0.25, -0.2) is 0 Å². The number of esters is 1. The molecule has 1 heterocycles. The lowest BCUT2D eigenvalue weighted by atomic mass is 9.98. The summed E-state index contributed by atoms with van der Waals surface area (Å²) in [7, 11) is 0. The summed E-state index contributed by atoms with van der Waals surface area (Å²) in [6.45, 7) is 6.26. The van der Waals surface area contributed by atoms with Crippen molar-refractivity contribution in [1.29, 1.82) is 0 Å². The summed E-state index contributed by atoms with van der Waals surface area (Å²) in [5.41, 5.74) is 3.16. The summed E-state index contributed by atoms with van der Waals surface area (Å²) in [5.74, 6) is 0.540. The van der Waals surface area contributed by atoms with E-state index in [0.29, 0.717) is 12.2 Å². The van der Waals surface area contributed by atoms with Crippen molar-refractivity contribution in [3.63, 3.8) is 0 Å². The molecule has 0 N–H and O–H groups in total. The number of ether oxygens (including phenoxy) is 1. The van der Waals surface area contributed by atoms with E-state index in [1.165, 1.54) is 0 Å². The summed E-state index contributed by atoms with van der Waals surface area (Å²) < 4.78 is 5.76. The number of carbonyl (C=O) groups is 1. The molecule has 0 spiro atoms. The van der Waals surface area contributed by atoms with Crippen LogP contribution in [-0.2, 0) is 11.2 Å². The number of hydrogen-bond donors (Lipinski definition) is 0. The van der Waals surface area contributed by atoms with Crippen molar-refractivity contribution in [1.82, 2.24) is 4.98 Å². The molecule has 2 rings (SSSR count). The van der Waals surface area contributed by atoms with Crippen LogP contribution >= 0.6 is 0 Å². The van der Waals surface area contributed by atoms with Crippen LogP contribution in [0.2, 0.25) is 0 Å². The van der Waals surface area contributed by atoms with Gasteiger partial charge in [0, 0.05) is 23.9 Å². The van der Waals surface area contributed by atoms with Crippen molar-refractivity contribution in [3.8, 4) is 5.75 Å². The van der Waals surface area contributed by atoms with Gasteiger partial charge in [-0.3, -0.25) is 9.78 Å². The Bertz CT molecular complexity index is 660. The van der Waals surface area contributed by atoms with Crippen LogP contribution in [0.15, 0.2) is 42.6 Å². The molecular weight excluding hydrogens is 298 g/mol. The molecule has 0 amide bonds. The number of aryl methyl sites for hydroxylation is 1. The average molecular weight is 325 g/mol. The highest BCUT2D eigenvalue weighted by molar-refractivity contribution is 5.75. The summed E-state index contributed by atoms with van der Waals surface area (Å²) in [6.07, 6.45) is 6.23. The molecule has 0 aliphatic heterocycles. The van der Waals surface area contributed by atoms with Crippen LogP contribution in [0.25, 0.3) is 0 Å². The third-order valence-electron chi connectivity index (χ3n) is 4.27. The highest BCUT2D eigenvalue weighted by Gasteiger charge is 2.20. The molecule has 2 aromatic rings. The van der Waals surface area contributed by atoms with E-state index in [4.69, 9.17) is 4.74 Å². The van der Waals surface area contributed by atoms with Gasteiger partial charge in [-0.05, 0) is 37.5 Å². The van der Waals surface area contributed by atoms with Gasteiger partial charge in [0.05, 0.1) is 5.92 Å². The number of benzene rings is 1. The maximum Gasteiger partial charge on any atom is 0.314 e. The minimum absolute atomic E-state index is 0.00959. The topological polar surface area (TPSA) is 39.2 Å². The zero-order valence-electron chi connectivity index (χ0n) is 14.9. The van der Waals surface area contributed by atoms with E-state index in [-0.39, 0.29) is 11.9 Å². The Kier molecular flexibility index (Phi) is 6.98. The number of pyridine rings is 1. The van der Waals surface area contributed by atoms with E-state index in [9.17, 15) is 4.79 Å². The highest BCUT2D eigenvalue weighted by atomic mass is 16.5. The van der Waals surface area contributed by atoms with E-state index >= 15 is 0 Å². The fourth-order valence-corrected chi connectivity index (χ4v) is 2.90. The Hall–Kier alpha value is -2.16. The van der Waals surface area contributed by atoms with Crippen LogP contribution in [-0.4, -0.2) is 11.0 Å². The number of para-hydroxylation sites is 1. The lowest BCUT2D eigenvalue weighted by molar-refractivity contribution is -0.139. The summed E-state index contributed by atoms with van der Waals surface area (Å²) in [5, 5.41) is 0. The van der Waals surface area contributed by atoms with Crippen molar-refractivity contribution < 1.29 is 9.53 Å². The van der Waals surface area contributed by atoms with E-state index in [1.54, 1.807) is 6.20 Å². The molecule has 0 atom stereocenters. The smallest absolute Gasteiger partial charge is 0.314 e. The van der Waals surface area contributed by atoms with Crippen molar-refractivity contribution in [2.45, 2.75) is 52.9 Å². The van der Waals surface area contributed by atoms with Gasteiger partial charge >= 0.3 is 5.97 Å². The average Bonchev–Trinajstić information content (AvgIpc) is 2.58. The molecule has 128 valence electrons. The predicted molar refractivity (Wildman–Crippen MR) is 97.2 cm³/mol. The second-order valence-electron chi connectivity index (χ2n) is 6.25. The molecule has 1 aromatic heterocycles. The van der Waals surface area contributed by atoms with Gasteiger partial charge < -0.3 is 4.74 Å². The van der Waals surface area contributed by atoms with Crippen LogP contribution in [0.4, 0.5) is 0 Å². The third-order valence-corrected chi connectivity index (χ3v) is 4.27. The standard InChI is InChI=1S/C21H27NO2/c1-4-9-17(10-5-2)21(23)24-20-13-7-6-12-18(20)15-19-16(3)11-8-14-22-19/h6-8,11-14,17H,4-5,9-10,15H2,1-3H3.